The summed E-state index contributed by atoms with van der Waals surface area (Å²) < 4.78 is 5.38. The number of carbonyl (C=O) groups excluding carboxylic acids is 1. The van der Waals surface area contributed by atoms with Gasteiger partial charge in [0.25, 0.3) is 0 Å². The maximum atomic E-state index is 12.0. The molecule has 7 heteroatoms. The molecule has 1 atom stereocenters. The van der Waals surface area contributed by atoms with Crippen LogP contribution in [0.5, 0.6) is 0 Å². The van der Waals surface area contributed by atoms with Gasteiger partial charge in [-0.05, 0) is 52.5 Å². The van der Waals surface area contributed by atoms with Crippen LogP contribution in [0.25, 0.3) is 0 Å². The molecule has 25 heavy (non-hydrogen) atoms. The number of rotatable bonds is 4. The lowest BCUT2D eigenvalue weighted by molar-refractivity contribution is 0.00701. The normalized spacial score (nSPS) is 25.7. The Kier molecular flexibility index (Phi) is 5.41. The molecular formula is C18H33N5O2. The number of aliphatic imine (C=N–C) groups is 1. The predicted molar refractivity (Wildman–Crippen MR) is 98.8 cm³/mol. The first kappa shape index (κ1) is 18.3. The summed E-state index contributed by atoms with van der Waals surface area (Å²) >= 11 is 0. The molecule has 2 saturated heterocycles. The van der Waals surface area contributed by atoms with Gasteiger partial charge in [-0.25, -0.2) is 4.79 Å². The van der Waals surface area contributed by atoms with Gasteiger partial charge in [0, 0.05) is 39.3 Å². The van der Waals surface area contributed by atoms with E-state index in [1.807, 2.05) is 20.8 Å². The topological polar surface area (TPSA) is 69.2 Å². The lowest BCUT2D eigenvalue weighted by Gasteiger charge is -2.40. The summed E-state index contributed by atoms with van der Waals surface area (Å²) in [5.41, 5.74) is -0.442. The fourth-order valence-corrected chi connectivity index (χ4v) is 3.47. The highest BCUT2D eigenvalue weighted by Crippen LogP contribution is 2.31. The molecule has 142 valence electrons. The number of nitrogens with zero attached hydrogens (tertiary/aromatic N) is 3. The van der Waals surface area contributed by atoms with Crippen LogP contribution < -0.4 is 10.6 Å². The van der Waals surface area contributed by atoms with Gasteiger partial charge in [-0.2, -0.15) is 0 Å². The van der Waals surface area contributed by atoms with Crippen LogP contribution in [-0.4, -0.2) is 79.3 Å². The van der Waals surface area contributed by atoms with Crippen molar-refractivity contribution in [2.45, 2.75) is 57.7 Å². The first-order valence-corrected chi connectivity index (χ1v) is 9.53. The van der Waals surface area contributed by atoms with Crippen LogP contribution in [0, 0.1) is 5.92 Å². The second kappa shape index (κ2) is 7.40. The average Bonchev–Trinajstić information content (AvgIpc) is 3.22. The fourth-order valence-electron chi connectivity index (χ4n) is 3.47. The predicted octanol–water partition coefficient (Wildman–Crippen LogP) is 1.26. The van der Waals surface area contributed by atoms with Gasteiger partial charge < -0.3 is 25.2 Å². The van der Waals surface area contributed by atoms with Crippen molar-refractivity contribution in [2.75, 3.05) is 39.8 Å². The van der Waals surface area contributed by atoms with E-state index in [1.54, 1.807) is 11.9 Å². The minimum absolute atomic E-state index is 0.236. The number of ether oxygens (including phenoxy) is 1. The smallest absolute Gasteiger partial charge is 0.410 e. The van der Waals surface area contributed by atoms with Gasteiger partial charge in [0.1, 0.15) is 5.60 Å². The van der Waals surface area contributed by atoms with Crippen molar-refractivity contribution in [1.82, 2.24) is 20.4 Å². The molecule has 2 N–H and O–H groups in total. The van der Waals surface area contributed by atoms with Crippen molar-refractivity contribution in [2.24, 2.45) is 10.9 Å². The summed E-state index contributed by atoms with van der Waals surface area (Å²) in [7, 11) is 1.80. The monoisotopic (exact) mass is 351 g/mol. The van der Waals surface area contributed by atoms with Crippen molar-refractivity contribution >= 4 is 12.1 Å². The third-order valence-corrected chi connectivity index (χ3v) is 5.04. The van der Waals surface area contributed by atoms with E-state index >= 15 is 0 Å². The molecule has 3 rings (SSSR count). The molecule has 2 aliphatic heterocycles. The minimum Gasteiger partial charge on any atom is -0.444 e. The summed E-state index contributed by atoms with van der Waals surface area (Å²) in [4.78, 5) is 20.6. The molecule has 1 saturated carbocycles. The zero-order chi connectivity index (χ0) is 18.0. The molecule has 0 spiro atoms. The highest BCUT2D eigenvalue weighted by atomic mass is 16.6. The van der Waals surface area contributed by atoms with Crippen molar-refractivity contribution in [3.05, 3.63) is 0 Å². The van der Waals surface area contributed by atoms with Crippen molar-refractivity contribution in [3.63, 3.8) is 0 Å². The Morgan fingerprint density at radius 1 is 1.20 bits per heavy atom. The largest absolute Gasteiger partial charge is 0.444 e. The molecule has 1 aliphatic carbocycles. The summed E-state index contributed by atoms with van der Waals surface area (Å²) in [5.74, 6) is 1.54. The first-order valence-electron chi connectivity index (χ1n) is 9.53. The van der Waals surface area contributed by atoms with E-state index in [9.17, 15) is 4.79 Å². The number of guanidine groups is 1. The Morgan fingerprint density at radius 3 is 2.52 bits per heavy atom. The first-order chi connectivity index (χ1) is 11.8. The van der Waals surface area contributed by atoms with Crippen LogP contribution in [0.4, 0.5) is 4.79 Å². The van der Waals surface area contributed by atoms with E-state index in [0.29, 0.717) is 19.0 Å². The van der Waals surface area contributed by atoms with Gasteiger partial charge in [0.15, 0.2) is 5.96 Å². The standard InChI is InChI=1S/C18H33N5O2/c1-18(2,3)25-17(24)23-11-14(12-23)21-16(19-4)20-9-13-7-8-22(10-13)15-5-6-15/h13-15H,5-12H2,1-4H3,(H2,19,20,21). The summed E-state index contributed by atoms with van der Waals surface area (Å²) in [5, 5.41) is 6.85. The zero-order valence-corrected chi connectivity index (χ0v) is 16.0. The number of carbonyl (C=O) groups is 1. The molecule has 0 aromatic heterocycles. The van der Waals surface area contributed by atoms with E-state index in [-0.39, 0.29) is 12.1 Å². The van der Waals surface area contributed by atoms with Gasteiger partial charge in [-0.15, -0.1) is 0 Å². The van der Waals surface area contributed by atoms with Crippen molar-refractivity contribution in [1.29, 1.82) is 0 Å². The molecule has 3 aliphatic rings. The Balaban J connectivity index is 1.33. The minimum atomic E-state index is -0.442. The Morgan fingerprint density at radius 2 is 1.92 bits per heavy atom. The van der Waals surface area contributed by atoms with E-state index < -0.39 is 5.60 Å². The second-order valence-corrected chi connectivity index (χ2v) is 8.56. The highest BCUT2D eigenvalue weighted by Gasteiger charge is 2.35. The maximum Gasteiger partial charge on any atom is 0.410 e. The highest BCUT2D eigenvalue weighted by molar-refractivity contribution is 5.80. The van der Waals surface area contributed by atoms with E-state index in [1.165, 1.54) is 32.4 Å². The number of nitrogens with one attached hydrogen (secondary N) is 2. The molecule has 1 unspecified atom stereocenters. The van der Waals surface area contributed by atoms with Crippen LogP contribution >= 0.6 is 0 Å². The Hall–Kier alpha value is -1.50. The fraction of sp³-hybridized carbons (Fsp3) is 0.889. The van der Waals surface area contributed by atoms with Crippen LogP contribution in [0.15, 0.2) is 4.99 Å². The quantitative estimate of drug-likeness (QED) is 0.589. The third-order valence-electron chi connectivity index (χ3n) is 5.04. The molecule has 1 amide bonds. The molecule has 0 radical (unpaired) electrons. The number of hydrogen-bond donors (Lipinski definition) is 2. The molecule has 3 fully saturated rings. The second-order valence-electron chi connectivity index (χ2n) is 8.56. The Bertz CT molecular complexity index is 506. The summed E-state index contributed by atoms with van der Waals surface area (Å²) in [6, 6.07) is 1.11. The van der Waals surface area contributed by atoms with Crippen LogP contribution in [0.3, 0.4) is 0 Å². The van der Waals surface area contributed by atoms with Crippen LogP contribution in [-0.2, 0) is 4.74 Å². The van der Waals surface area contributed by atoms with Gasteiger partial charge in [0.05, 0.1) is 6.04 Å². The summed E-state index contributed by atoms with van der Waals surface area (Å²) in [6.45, 7) is 10.4. The number of hydrogen-bond acceptors (Lipinski definition) is 4. The SMILES string of the molecule is CN=C(NCC1CCN(C2CC2)C1)NC1CN(C(=O)OC(C)(C)C)C1. The maximum absolute atomic E-state index is 12.0. The van der Waals surface area contributed by atoms with Gasteiger partial charge in [-0.3, -0.25) is 4.99 Å². The van der Waals surface area contributed by atoms with E-state index in [2.05, 4.69) is 20.5 Å². The van der Waals surface area contributed by atoms with Crippen molar-refractivity contribution < 1.29 is 9.53 Å². The number of amides is 1. The molecule has 0 aromatic carbocycles. The lowest BCUT2D eigenvalue weighted by atomic mass is 10.1. The van der Waals surface area contributed by atoms with Crippen LogP contribution in [0.2, 0.25) is 0 Å². The lowest BCUT2D eigenvalue weighted by Crippen LogP contribution is -2.63. The third kappa shape index (κ3) is 5.23. The molecule has 7 nitrogen and oxygen atoms in total. The number of likely N-dealkylation sites (tertiary alicyclic amines) is 2. The molecular weight excluding hydrogens is 318 g/mol. The zero-order valence-electron chi connectivity index (χ0n) is 16.0. The summed E-state index contributed by atoms with van der Waals surface area (Å²) in [6.07, 6.45) is 3.81. The molecule has 0 aromatic rings. The van der Waals surface area contributed by atoms with Gasteiger partial charge in [0.2, 0.25) is 0 Å². The molecule has 2 heterocycles. The molecule has 0 bridgehead atoms. The van der Waals surface area contributed by atoms with Crippen molar-refractivity contribution in [3.8, 4) is 0 Å². The Labute approximate surface area is 151 Å². The van der Waals surface area contributed by atoms with Crippen LogP contribution in [0.1, 0.15) is 40.0 Å². The van der Waals surface area contributed by atoms with E-state index in [0.717, 1.165) is 18.5 Å². The van der Waals surface area contributed by atoms with E-state index in [4.69, 9.17) is 4.74 Å². The average molecular weight is 351 g/mol. The van der Waals surface area contributed by atoms with Gasteiger partial charge >= 0.3 is 6.09 Å². The van der Waals surface area contributed by atoms with Gasteiger partial charge in [-0.1, -0.05) is 0 Å².